The van der Waals surface area contributed by atoms with Crippen molar-refractivity contribution in [2.45, 2.75) is 12.8 Å². The molecule has 0 aromatic heterocycles. The van der Waals surface area contributed by atoms with Crippen LogP contribution in [0.1, 0.15) is 12.8 Å². The van der Waals surface area contributed by atoms with Crippen molar-refractivity contribution in [1.82, 2.24) is 5.32 Å². The monoisotopic (exact) mass is 212 g/mol. The van der Waals surface area contributed by atoms with Gasteiger partial charge in [-0.3, -0.25) is 0 Å². The molecule has 0 spiro atoms. The fraction of sp³-hybridized carbons (Fsp3) is 0.500. The average molecular weight is 212 g/mol. The molecule has 0 amide bonds. The molecule has 2 heteroatoms. The Morgan fingerprint density at radius 2 is 2.50 bits per heavy atom. The zero-order valence-electron chi connectivity index (χ0n) is 6.22. The molecule has 0 aliphatic carbocycles. The van der Waals surface area contributed by atoms with E-state index in [1.54, 1.807) is 0 Å². The molecule has 1 rings (SSSR count). The van der Waals surface area contributed by atoms with E-state index in [0.717, 1.165) is 13.0 Å². The molecule has 1 radical (unpaired) electrons. The van der Waals surface area contributed by atoms with Crippen molar-refractivity contribution in [1.29, 1.82) is 0 Å². The van der Waals surface area contributed by atoms with E-state index in [4.69, 9.17) is 0 Å². The molecule has 55 valence electrons. The quantitative estimate of drug-likeness (QED) is 0.684. The van der Waals surface area contributed by atoms with Gasteiger partial charge >= 0.3 is 0 Å². The Kier molecular flexibility index (Phi) is 6.77. The van der Waals surface area contributed by atoms with Crippen molar-refractivity contribution in [2.75, 3.05) is 6.54 Å². The molecule has 1 unspecified atom stereocenters. The Labute approximate surface area is 88.5 Å². The maximum Gasteiger partial charge on any atom is 0 e. The maximum atomic E-state index is 3.81. The third kappa shape index (κ3) is 3.73. The number of nitrogens with one attached hydrogen (secondary N) is 1. The molecule has 0 saturated heterocycles. The predicted molar refractivity (Wildman–Crippen MR) is 39.5 cm³/mol. The Bertz CT molecular complexity index is 101. The molecular formula is C8H13NY-2. The van der Waals surface area contributed by atoms with Crippen LogP contribution < -0.4 is 5.32 Å². The summed E-state index contributed by atoms with van der Waals surface area (Å²) in [5.74, 6) is 0.670. The minimum atomic E-state index is 0. The molecule has 1 heterocycles. The van der Waals surface area contributed by atoms with Crippen LogP contribution in [0.5, 0.6) is 0 Å². The van der Waals surface area contributed by atoms with Gasteiger partial charge in [0.25, 0.3) is 0 Å². The van der Waals surface area contributed by atoms with E-state index in [-0.39, 0.29) is 32.7 Å². The van der Waals surface area contributed by atoms with Crippen molar-refractivity contribution in [3.63, 3.8) is 0 Å². The van der Waals surface area contributed by atoms with Gasteiger partial charge in [-0.15, -0.1) is 18.9 Å². The second kappa shape index (κ2) is 6.36. The zero-order valence-corrected chi connectivity index (χ0v) is 9.05. The molecular weight excluding hydrogens is 199 g/mol. The Morgan fingerprint density at radius 1 is 1.70 bits per heavy atom. The first-order valence-corrected chi connectivity index (χ1v) is 3.46. The fourth-order valence-corrected chi connectivity index (χ4v) is 1.01. The van der Waals surface area contributed by atoms with Crippen LogP contribution in [0.2, 0.25) is 0 Å². The van der Waals surface area contributed by atoms with Gasteiger partial charge in [-0.2, -0.15) is 6.42 Å². The Balaban J connectivity index is 0.000000810. The van der Waals surface area contributed by atoms with Crippen LogP contribution in [-0.4, -0.2) is 6.54 Å². The summed E-state index contributed by atoms with van der Waals surface area (Å²) in [6.07, 6.45) is 8.73. The van der Waals surface area contributed by atoms with E-state index in [0.29, 0.717) is 5.92 Å². The van der Waals surface area contributed by atoms with Crippen LogP contribution in [0.3, 0.4) is 0 Å². The van der Waals surface area contributed by atoms with Gasteiger partial charge in [0.15, 0.2) is 0 Å². The van der Waals surface area contributed by atoms with Gasteiger partial charge in [-0.05, 0) is 6.20 Å². The minimum absolute atomic E-state index is 0. The average Bonchev–Trinajstić information content (AvgIpc) is 1.91. The largest absolute Gasteiger partial charge is 0.421 e. The van der Waals surface area contributed by atoms with Gasteiger partial charge in [0.05, 0.1) is 0 Å². The number of hydrogen-bond donors (Lipinski definition) is 1. The molecule has 0 bridgehead atoms. The Hall–Kier alpha value is 0.644. The summed E-state index contributed by atoms with van der Waals surface area (Å²) in [6, 6.07) is 0. The summed E-state index contributed by atoms with van der Waals surface area (Å²) >= 11 is 0. The molecule has 0 aromatic carbocycles. The summed E-state index contributed by atoms with van der Waals surface area (Å²) in [4.78, 5) is 0. The summed E-state index contributed by atoms with van der Waals surface area (Å²) in [7, 11) is 0. The first kappa shape index (κ1) is 10.6. The van der Waals surface area contributed by atoms with Crippen LogP contribution >= 0.6 is 0 Å². The molecule has 1 N–H and O–H groups in total. The first-order valence-electron chi connectivity index (χ1n) is 3.46. The van der Waals surface area contributed by atoms with Gasteiger partial charge in [0.2, 0.25) is 0 Å². The predicted octanol–water partition coefficient (Wildman–Crippen LogP) is 1.54. The fourth-order valence-electron chi connectivity index (χ4n) is 1.01. The van der Waals surface area contributed by atoms with E-state index in [9.17, 15) is 0 Å². The van der Waals surface area contributed by atoms with Crippen molar-refractivity contribution >= 4 is 0 Å². The van der Waals surface area contributed by atoms with Crippen LogP contribution in [0.15, 0.2) is 12.3 Å². The topological polar surface area (TPSA) is 12.0 Å². The molecule has 1 atom stereocenters. The van der Waals surface area contributed by atoms with Gasteiger partial charge in [0.1, 0.15) is 0 Å². The van der Waals surface area contributed by atoms with Crippen LogP contribution in [0.25, 0.3) is 0 Å². The molecule has 1 nitrogen and oxygen atoms in total. The van der Waals surface area contributed by atoms with Crippen LogP contribution in [0.4, 0.5) is 0 Å². The van der Waals surface area contributed by atoms with E-state index in [2.05, 4.69) is 24.7 Å². The van der Waals surface area contributed by atoms with E-state index >= 15 is 0 Å². The van der Waals surface area contributed by atoms with E-state index in [1.807, 2.05) is 6.20 Å². The maximum absolute atomic E-state index is 3.81. The smallest absolute Gasteiger partial charge is 0 e. The van der Waals surface area contributed by atoms with Gasteiger partial charge in [0, 0.05) is 32.7 Å². The van der Waals surface area contributed by atoms with Crippen LogP contribution in [-0.2, 0) is 32.7 Å². The van der Waals surface area contributed by atoms with Crippen molar-refractivity contribution in [3.8, 4) is 0 Å². The summed E-state index contributed by atoms with van der Waals surface area (Å²) < 4.78 is 0. The summed E-state index contributed by atoms with van der Waals surface area (Å²) in [6.45, 7) is 4.82. The number of allylic oxidation sites excluding steroid dienone is 1. The molecule has 1 aliphatic rings. The molecule has 0 fully saturated rings. The van der Waals surface area contributed by atoms with Gasteiger partial charge in [-0.25, -0.2) is 0 Å². The van der Waals surface area contributed by atoms with Gasteiger partial charge < -0.3 is 18.7 Å². The molecule has 0 saturated carbocycles. The summed E-state index contributed by atoms with van der Waals surface area (Å²) in [5, 5.41) is 3.12. The first-order chi connectivity index (χ1) is 4.43. The standard InChI is InChI=1S/C8H13N.Y/c1-2-3-8-4-6-9-7-5-8;/h4-6,8-9H,1-3,7H2;/q-2;. The molecule has 10 heavy (non-hydrogen) atoms. The van der Waals surface area contributed by atoms with Crippen molar-refractivity contribution < 1.29 is 32.7 Å². The van der Waals surface area contributed by atoms with E-state index in [1.165, 1.54) is 6.42 Å². The number of hydrogen-bond acceptors (Lipinski definition) is 1. The SMILES string of the molecule is [CH2-]CCC1C=CNC[CH-]1.[Y]. The third-order valence-corrected chi connectivity index (χ3v) is 1.54. The second-order valence-electron chi connectivity index (χ2n) is 2.31. The number of rotatable bonds is 2. The minimum Gasteiger partial charge on any atom is -0.421 e. The zero-order chi connectivity index (χ0) is 6.53. The van der Waals surface area contributed by atoms with Crippen LogP contribution in [0, 0.1) is 19.3 Å². The summed E-state index contributed by atoms with van der Waals surface area (Å²) in [5.41, 5.74) is 0. The van der Waals surface area contributed by atoms with Crippen molar-refractivity contribution in [3.05, 3.63) is 25.6 Å². The van der Waals surface area contributed by atoms with Gasteiger partial charge in [-0.1, -0.05) is 6.08 Å². The van der Waals surface area contributed by atoms with E-state index < -0.39 is 0 Å². The molecule has 1 aliphatic heterocycles. The third-order valence-electron chi connectivity index (χ3n) is 1.54. The molecule has 0 aromatic rings. The second-order valence-corrected chi connectivity index (χ2v) is 2.31. The normalized spacial score (nSPS) is 23.1. The van der Waals surface area contributed by atoms with Crippen molar-refractivity contribution in [2.24, 2.45) is 5.92 Å². The Morgan fingerprint density at radius 3 is 3.00 bits per heavy atom.